The predicted octanol–water partition coefficient (Wildman–Crippen LogP) is 5.29. The van der Waals surface area contributed by atoms with Gasteiger partial charge in [-0.1, -0.05) is 6.07 Å². The first kappa shape index (κ1) is 26.7. The molecule has 2 heterocycles. The van der Waals surface area contributed by atoms with Crippen LogP contribution < -0.4 is 15.4 Å². The number of pyridine rings is 1. The number of rotatable bonds is 12. The Morgan fingerprint density at radius 1 is 1.12 bits per heavy atom. The Labute approximate surface area is 213 Å². The van der Waals surface area contributed by atoms with Crippen LogP contribution in [0.5, 0.6) is 5.75 Å². The molecule has 0 spiro atoms. The molecular weight excluding hydrogens is 531 g/mol. The van der Waals surface area contributed by atoms with Crippen LogP contribution in [0.25, 0.3) is 0 Å². The van der Waals surface area contributed by atoms with Gasteiger partial charge in [-0.2, -0.15) is 0 Å². The van der Waals surface area contributed by atoms with Gasteiger partial charge in [-0.25, -0.2) is 0 Å². The molecule has 178 valence electrons. The Balaban J connectivity index is 0.00000385. The molecule has 0 atom stereocenters. The van der Waals surface area contributed by atoms with E-state index in [0.29, 0.717) is 19.8 Å². The molecular formula is C25H33IN4O3. The average Bonchev–Trinajstić information content (AvgIpc) is 3.31. The SMILES string of the molecule is CC(C)Oc1ccc(NC(=NCCCOCc2ccco2)NCCc2cccnc2)cc1.I. The summed E-state index contributed by atoms with van der Waals surface area (Å²) >= 11 is 0. The van der Waals surface area contributed by atoms with Crippen molar-refractivity contribution < 1.29 is 13.9 Å². The van der Waals surface area contributed by atoms with E-state index in [1.807, 2.05) is 62.5 Å². The lowest BCUT2D eigenvalue weighted by atomic mass is 10.2. The van der Waals surface area contributed by atoms with E-state index >= 15 is 0 Å². The van der Waals surface area contributed by atoms with Crippen molar-refractivity contribution in [2.45, 2.75) is 39.4 Å². The van der Waals surface area contributed by atoms with Crippen LogP contribution in [0.2, 0.25) is 0 Å². The number of halogens is 1. The van der Waals surface area contributed by atoms with Crippen molar-refractivity contribution in [3.05, 3.63) is 78.5 Å². The Morgan fingerprint density at radius 2 is 1.97 bits per heavy atom. The summed E-state index contributed by atoms with van der Waals surface area (Å²) in [6.07, 6.45) is 7.15. The maximum Gasteiger partial charge on any atom is 0.195 e. The maximum absolute atomic E-state index is 5.72. The second kappa shape index (κ2) is 15.3. The van der Waals surface area contributed by atoms with Crippen LogP contribution >= 0.6 is 24.0 Å². The molecule has 0 aliphatic heterocycles. The summed E-state index contributed by atoms with van der Waals surface area (Å²) in [4.78, 5) is 8.87. The number of guanidine groups is 1. The van der Waals surface area contributed by atoms with Crippen molar-refractivity contribution in [3.8, 4) is 5.75 Å². The molecule has 3 aromatic rings. The van der Waals surface area contributed by atoms with E-state index in [0.717, 1.165) is 42.5 Å². The molecule has 0 radical (unpaired) electrons. The van der Waals surface area contributed by atoms with Gasteiger partial charge in [0.1, 0.15) is 18.1 Å². The highest BCUT2D eigenvalue weighted by Gasteiger charge is 2.03. The molecule has 0 aliphatic carbocycles. The Kier molecular flexibility index (Phi) is 12.3. The van der Waals surface area contributed by atoms with Gasteiger partial charge in [-0.3, -0.25) is 9.98 Å². The fraction of sp³-hybridized carbons (Fsp3) is 0.360. The summed E-state index contributed by atoms with van der Waals surface area (Å²) in [7, 11) is 0. The molecule has 7 nitrogen and oxygen atoms in total. The lowest BCUT2D eigenvalue weighted by Gasteiger charge is -2.14. The highest BCUT2D eigenvalue weighted by molar-refractivity contribution is 14.0. The largest absolute Gasteiger partial charge is 0.491 e. The molecule has 1 aromatic carbocycles. The van der Waals surface area contributed by atoms with Gasteiger partial charge in [0.25, 0.3) is 0 Å². The van der Waals surface area contributed by atoms with Crippen molar-refractivity contribution in [2.24, 2.45) is 4.99 Å². The molecule has 0 bridgehead atoms. The minimum absolute atomic E-state index is 0. The normalized spacial score (nSPS) is 11.2. The zero-order valence-corrected chi connectivity index (χ0v) is 21.5. The van der Waals surface area contributed by atoms with Crippen molar-refractivity contribution >= 4 is 35.6 Å². The minimum Gasteiger partial charge on any atom is -0.491 e. The number of nitrogens with zero attached hydrogens (tertiary/aromatic N) is 2. The third-order valence-corrected chi connectivity index (χ3v) is 4.46. The zero-order valence-electron chi connectivity index (χ0n) is 19.2. The van der Waals surface area contributed by atoms with Gasteiger partial charge < -0.3 is 24.5 Å². The van der Waals surface area contributed by atoms with E-state index < -0.39 is 0 Å². The second-order valence-electron chi connectivity index (χ2n) is 7.57. The quantitative estimate of drug-likeness (QED) is 0.135. The number of benzene rings is 1. The number of hydrogen-bond acceptors (Lipinski definition) is 5. The number of aromatic nitrogens is 1. The zero-order chi connectivity index (χ0) is 22.4. The summed E-state index contributed by atoms with van der Waals surface area (Å²) < 4.78 is 16.6. The molecule has 0 fully saturated rings. The summed E-state index contributed by atoms with van der Waals surface area (Å²) in [6, 6.07) is 15.7. The van der Waals surface area contributed by atoms with Gasteiger partial charge in [0, 0.05) is 37.8 Å². The average molecular weight is 564 g/mol. The number of nitrogens with one attached hydrogen (secondary N) is 2. The first-order valence-electron chi connectivity index (χ1n) is 11.0. The third kappa shape index (κ3) is 10.7. The van der Waals surface area contributed by atoms with Gasteiger partial charge in [-0.05, 0) is 74.7 Å². The molecule has 0 saturated carbocycles. The molecule has 0 saturated heterocycles. The third-order valence-electron chi connectivity index (χ3n) is 4.46. The fourth-order valence-corrected chi connectivity index (χ4v) is 2.96. The molecule has 2 N–H and O–H groups in total. The van der Waals surface area contributed by atoms with Crippen LogP contribution in [0.4, 0.5) is 5.69 Å². The molecule has 0 unspecified atom stereocenters. The van der Waals surface area contributed by atoms with E-state index in [2.05, 4.69) is 21.7 Å². The smallest absolute Gasteiger partial charge is 0.195 e. The van der Waals surface area contributed by atoms with Crippen LogP contribution in [0.1, 0.15) is 31.6 Å². The lowest BCUT2D eigenvalue weighted by molar-refractivity contribution is 0.105. The first-order chi connectivity index (χ1) is 15.7. The van der Waals surface area contributed by atoms with Gasteiger partial charge in [0.05, 0.1) is 12.4 Å². The fourth-order valence-electron chi connectivity index (χ4n) is 2.96. The van der Waals surface area contributed by atoms with Crippen LogP contribution in [0.15, 0.2) is 76.6 Å². The molecule has 0 aliphatic rings. The molecule has 8 heteroatoms. The van der Waals surface area contributed by atoms with E-state index in [1.165, 1.54) is 5.56 Å². The van der Waals surface area contributed by atoms with Crippen molar-refractivity contribution in [1.82, 2.24) is 10.3 Å². The number of furan rings is 1. The summed E-state index contributed by atoms with van der Waals surface area (Å²) in [5, 5.41) is 6.77. The van der Waals surface area contributed by atoms with E-state index in [9.17, 15) is 0 Å². The van der Waals surface area contributed by atoms with E-state index in [1.54, 1.807) is 12.5 Å². The molecule has 33 heavy (non-hydrogen) atoms. The second-order valence-corrected chi connectivity index (χ2v) is 7.57. The monoisotopic (exact) mass is 564 g/mol. The van der Waals surface area contributed by atoms with Crippen LogP contribution in [0.3, 0.4) is 0 Å². The van der Waals surface area contributed by atoms with Gasteiger partial charge in [0.2, 0.25) is 0 Å². The van der Waals surface area contributed by atoms with Gasteiger partial charge in [0.15, 0.2) is 5.96 Å². The number of aliphatic imine (C=N–C) groups is 1. The standard InChI is InChI=1S/C25H32N4O3.HI/c1-20(2)32-23-10-8-22(9-11-23)29-25(28-15-12-21-6-3-13-26-18-21)27-14-5-16-30-19-24-7-4-17-31-24;/h3-4,6-11,13,17-18,20H,5,12,14-16,19H2,1-2H3,(H2,27,28,29);1H. The van der Waals surface area contributed by atoms with Crippen LogP contribution in [0, 0.1) is 0 Å². The highest BCUT2D eigenvalue weighted by atomic mass is 127. The van der Waals surface area contributed by atoms with E-state index in [4.69, 9.17) is 18.9 Å². The Morgan fingerprint density at radius 3 is 2.67 bits per heavy atom. The molecule has 0 amide bonds. The van der Waals surface area contributed by atoms with Gasteiger partial charge >= 0.3 is 0 Å². The van der Waals surface area contributed by atoms with Crippen molar-refractivity contribution in [3.63, 3.8) is 0 Å². The molecule has 2 aromatic heterocycles. The number of anilines is 1. The van der Waals surface area contributed by atoms with Crippen molar-refractivity contribution in [2.75, 3.05) is 25.0 Å². The lowest BCUT2D eigenvalue weighted by Crippen LogP contribution is -2.32. The summed E-state index contributed by atoms with van der Waals surface area (Å²) in [5.41, 5.74) is 2.13. The number of hydrogen-bond donors (Lipinski definition) is 2. The predicted molar refractivity (Wildman–Crippen MR) is 142 cm³/mol. The first-order valence-corrected chi connectivity index (χ1v) is 11.0. The summed E-state index contributed by atoms with van der Waals surface area (Å²) in [5.74, 6) is 2.41. The summed E-state index contributed by atoms with van der Waals surface area (Å²) in [6.45, 7) is 6.53. The topological polar surface area (TPSA) is 80.9 Å². The maximum atomic E-state index is 5.72. The molecule has 3 rings (SSSR count). The van der Waals surface area contributed by atoms with Crippen LogP contribution in [-0.2, 0) is 17.8 Å². The van der Waals surface area contributed by atoms with E-state index in [-0.39, 0.29) is 30.1 Å². The highest BCUT2D eigenvalue weighted by Crippen LogP contribution is 2.16. The minimum atomic E-state index is 0. The number of ether oxygens (including phenoxy) is 2. The Bertz CT molecular complexity index is 917. The van der Waals surface area contributed by atoms with Crippen molar-refractivity contribution in [1.29, 1.82) is 0 Å². The Hall–Kier alpha value is -2.59. The van der Waals surface area contributed by atoms with Crippen LogP contribution in [-0.4, -0.2) is 36.7 Å². The van der Waals surface area contributed by atoms with Gasteiger partial charge in [-0.15, -0.1) is 24.0 Å².